The lowest BCUT2D eigenvalue weighted by atomic mass is 9.96. The van der Waals surface area contributed by atoms with Gasteiger partial charge in [-0.15, -0.1) is 0 Å². The monoisotopic (exact) mass is 524 g/mol. The molecule has 8 heteroatoms. The number of aromatic amines is 1. The van der Waals surface area contributed by atoms with E-state index >= 15 is 0 Å². The fraction of sp³-hybridized carbons (Fsp3) is 0.200. The summed E-state index contributed by atoms with van der Waals surface area (Å²) in [7, 11) is 0. The summed E-state index contributed by atoms with van der Waals surface area (Å²) < 4.78 is 1.14. The molecule has 0 aliphatic carbocycles. The first kappa shape index (κ1) is 19.5. The number of hydrogen-bond donors (Lipinski definition) is 3. The maximum Gasteiger partial charge on any atom is 0.174 e. The molecule has 0 radical (unpaired) electrons. The van der Waals surface area contributed by atoms with Gasteiger partial charge in [0.15, 0.2) is 5.11 Å². The largest absolute Gasteiger partial charge is 0.506 e. The van der Waals surface area contributed by atoms with Crippen molar-refractivity contribution < 1.29 is 5.11 Å². The first-order valence-electron chi connectivity index (χ1n) is 8.72. The average molecular weight is 525 g/mol. The van der Waals surface area contributed by atoms with Crippen molar-refractivity contribution in [2.45, 2.75) is 25.9 Å². The Bertz CT molecular complexity index is 1060. The molecule has 1 aliphatic rings. The van der Waals surface area contributed by atoms with E-state index in [9.17, 15) is 5.11 Å². The Morgan fingerprint density at radius 3 is 2.64 bits per heavy atom. The molecule has 144 valence electrons. The van der Waals surface area contributed by atoms with Crippen LogP contribution in [-0.4, -0.2) is 20.2 Å². The number of rotatable bonds is 3. The molecule has 2 unspecified atom stereocenters. The van der Waals surface area contributed by atoms with Crippen molar-refractivity contribution >= 4 is 57.2 Å². The quantitative estimate of drug-likeness (QED) is 0.326. The van der Waals surface area contributed by atoms with Gasteiger partial charge in [0.25, 0.3) is 0 Å². The number of phenolic OH excluding ortho intramolecular Hbond substituents is 1. The number of aromatic nitrogens is 2. The summed E-state index contributed by atoms with van der Waals surface area (Å²) in [6.45, 7) is 4.10. The average Bonchev–Trinajstić information content (AvgIpc) is 3.13. The second kappa shape index (κ2) is 7.53. The van der Waals surface area contributed by atoms with Crippen LogP contribution in [0.5, 0.6) is 5.75 Å². The zero-order chi connectivity index (χ0) is 20.0. The molecule has 3 heterocycles. The van der Waals surface area contributed by atoms with E-state index in [4.69, 9.17) is 23.8 Å². The smallest absolute Gasteiger partial charge is 0.174 e. The number of anilines is 1. The van der Waals surface area contributed by atoms with Crippen molar-refractivity contribution in [3.8, 4) is 5.75 Å². The highest BCUT2D eigenvalue weighted by molar-refractivity contribution is 14.1. The molecular formula is C20H18ClIN4OS. The molecule has 2 aromatic heterocycles. The maximum atomic E-state index is 10.6. The van der Waals surface area contributed by atoms with Crippen molar-refractivity contribution in [2.24, 2.45) is 0 Å². The molecule has 0 saturated carbocycles. The summed E-state index contributed by atoms with van der Waals surface area (Å²) in [6.07, 6.45) is 1.77. The third-order valence-electron chi connectivity index (χ3n) is 4.94. The minimum Gasteiger partial charge on any atom is -0.506 e. The van der Waals surface area contributed by atoms with Crippen LogP contribution in [-0.2, 0) is 0 Å². The van der Waals surface area contributed by atoms with Crippen LogP contribution >= 0.6 is 46.4 Å². The third-order valence-corrected chi connectivity index (χ3v) is 6.88. The van der Waals surface area contributed by atoms with E-state index in [0.29, 0.717) is 15.8 Å². The molecule has 0 amide bonds. The molecular weight excluding hydrogens is 507 g/mol. The molecule has 1 fully saturated rings. The summed E-state index contributed by atoms with van der Waals surface area (Å²) >= 11 is 14.3. The van der Waals surface area contributed by atoms with Crippen LogP contribution in [0.1, 0.15) is 34.7 Å². The molecule has 0 spiro atoms. The molecule has 1 aromatic carbocycles. The van der Waals surface area contributed by atoms with E-state index in [-0.39, 0.29) is 17.8 Å². The second-order valence-corrected chi connectivity index (χ2v) is 8.63. The number of nitrogens with zero attached hydrogens (tertiary/aromatic N) is 2. The lowest BCUT2D eigenvalue weighted by molar-refractivity contribution is 0.472. The van der Waals surface area contributed by atoms with Crippen molar-refractivity contribution in [1.29, 1.82) is 0 Å². The van der Waals surface area contributed by atoms with Crippen LogP contribution in [0.25, 0.3) is 0 Å². The Kier molecular flexibility index (Phi) is 5.24. The molecule has 3 N–H and O–H groups in total. The van der Waals surface area contributed by atoms with Crippen molar-refractivity contribution in [3.05, 3.63) is 73.8 Å². The van der Waals surface area contributed by atoms with Gasteiger partial charge in [-0.05, 0) is 79.0 Å². The van der Waals surface area contributed by atoms with Crippen LogP contribution < -0.4 is 10.2 Å². The van der Waals surface area contributed by atoms with Gasteiger partial charge in [-0.25, -0.2) is 0 Å². The molecule has 1 saturated heterocycles. The normalized spacial score (nSPS) is 19.1. The minimum absolute atomic E-state index is 0.125. The predicted molar refractivity (Wildman–Crippen MR) is 124 cm³/mol. The van der Waals surface area contributed by atoms with Gasteiger partial charge in [0, 0.05) is 31.7 Å². The van der Waals surface area contributed by atoms with Crippen molar-refractivity contribution in [1.82, 2.24) is 15.3 Å². The summed E-state index contributed by atoms with van der Waals surface area (Å²) in [5, 5.41) is 15.0. The Morgan fingerprint density at radius 2 is 2.00 bits per heavy atom. The van der Waals surface area contributed by atoms with E-state index < -0.39 is 0 Å². The summed E-state index contributed by atoms with van der Waals surface area (Å²) in [6, 6.07) is 10.5. The lowest BCUT2D eigenvalue weighted by Crippen LogP contribution is -2.30. The molecule has 28 heavy (non-hydrogen) atoms. The Hall–Kier alpha value is -1.84. The summed E-state index contributed by atoms with van der Waals surface area (Å²) in [4.78, 5) is 9.92. The van der Waals surface area contributed by atoms with Gasteiger partial charge in [-0.3, -0.25) is 4.98 Å². The SMILES string of the molecule is Cc1[nH]c(C)c(C2C(c3ccccn3)NC(=S)N2c2cc(Cl)ccc2O)c1I. The molecule has 2 atom stereocenters. The third kappa shape index (κ3) is 3.25. The Labute approximate surface area is 187 Å². The number of pyridine rings is 1. The first-order valence-corrected chi connectivity index (χ1v) is 10.6. The molecule has 0 bridgehead atoms. The Morgan fingerprint density at radius 1 is 1.21 bits per heavy atom. The fourth-order valence-corrected chi connectivity index (χ4v) is 5.08. The van der Waals surface area contributed by atoms with Gasteiger partial charge >= 0.3 is 0 Å². The van der Waals surface area contributed by atoms with Gasteiger partial charge in [-0.1, -0.05) is 17.7 Å². The number of hydrogen-bond acceptors (Lipinski definition) is 3. The number of halogens is 2. The lowest BCUT2D eigenvalue weighted by Gasteiger charge is -2.29. The van der Waals surface area contributed by atoms with Gasteiger partial charge < -0.3 is 20.3 Å². The number of thiocarbonyl (C=S) groups is 1. The standard InChI is InChI=1S/C20H18ClIN4OS/c1-10-16(17(22)11(2)24-10)19-18(13-5-3-4-8-23-13)25-20(28)26(19)14-9-12(21)6-7-15(14)27/h3-9,18-19,24,27H,1-2H3,(H,25,28). The number of H-pyrrole nitrogens is 1. The second-order valence-electron chi connectivity index (χ2n) is 6.73. The van der Waals surface area contributed by atoms with Crippen molar-refractivity contribution in [2.75, 3.05) is 4.90 Å². The first-order chi connectivity index (χ1) is 13.4. The van der Waals surface area contributed by atoms with E-state index in [2.05, 4.69) is 51.7 Å². The van der Waals surface area contributed by atoms with Crippen molar-refractivity contribution in [3.63, 3.8) is 0 Å². The predicted octanol–water partition coefficient (Wildman–Crippen LogP) is 5.17. The van der Waals surface area contributed by atoms with E-state index in [1.165, 1.54) is 0 Å². The molecule has 4 rings (SSSR count). The highest BCUT2D eigenvalue weighted by Crippen LogP contribution is 2.47. The van der Waals surface area contributed by atoms with Gasteiger partial charge in [0.1, 0.15) is 5.75 Å². The topological polar surface area (TPSA) is 64.2 Å². The summed E-state index contributed by atoms with van der Waals surface area (Å²) in [5.41, 5.74) is 4.74. The van der Waals surface area contributed by atoms with E-state index in [1.807, 2.05) is 23.1 Å². The maximum absolute atomic E-state index is 10.6. The minimum atomic E-state index is -0.191. The van der Waals surface area contributed by atoms with Crippen LogP contribution in [0.2, 0.25) is 5.02 Å². The number of aryl methyl sites for hydroxylation is 2. The highest BCUT2D eigenvalue weighted by Gasteiger charge is 2.43. The number of aromatic hydroxyl groups is 1. The van der Waals surface area contributed by atoms with E-state index in [0.717, 1.165) is 26.2 Å². The van der Waals surface area contributed by atoms with Crippen LogP contribution in [0, 0.1) is 17.4 Å². The van der Waals surface area contributed by atoms with Gasteiger partial charge in [0.05, 0.1) is 23.5 Å². The molecule has 1 aliphatic heterocycles. The zero-order valence-electron chi connectivity index (χ0n) is 15.2. The van der Waals surface area contributed by atoms with E-state index in [1.54, 1.807) is 24.4 Å². The Balaban J connectivity index is 1.94. The highest BCUT2D eigenvalue weighted by atomic mass is 127. The van der Waals surface area contributed by atoms with Gasteiger partial charge in [-0.2, -0.15) is 0 Å². The van der Waals surface area contributed by atoms with Crippen LogP contribution in [0.15, 0.2) is 42.6 Å². The van der Waals surface area contributed by atoms with Crippen LogP contribution in [0.4, 0.5) is 5.69 Å². The molecule has 3 aromatic rings. The summed E-state index contributed by atoms with van der Waals surface area (Å²) in [5.74, 6) is 0.125. The zero-order valence-corrected chi connectivity index (χ0v) is 18.9. The van der Waals surface area contributed by atoms with Gasteiger partial charge in [0.2, 0.25) is 0 Å². The number of phenols is 1. The number of benzene rings is 1. The fourth-order valence-electron chi connectivity index (χ4n) is 3.72. The van der Waals surface area contributed by atoms with Crippen LogP contribution in [0.3, 0.4) is 0 Å². The molecule has 5 nitrogen and oxygen atoms in total. The number of nitrogens with one attached hydrogen (secondary N) is 2.